The molecule has 1 aliphatic heterocycles. The number of para-hydroxylation sites is 1. The summed E-state index contributed by atoms with van der Waals surface area (Å²) >= 11 is 0. The maximum atomic E-state index is 13.7. The van der Waals surface area contributed by atoms with E-state index >= 15 is 0 Å². The highest BCUT2D eigenvalue weighted by Gasteiger charge is 2.18. The highest BCUT2D eigenvalue weighted by atomic mass is 19.1. The van der Waals surface area contributed by atoms with Gasteiger partial charge in [0, 0.05) is 38.4 Å². The molecule has 0 radical (unpaired) electrons. The van der Waals surface area contributed by atoms with Gasteiger partial charge in [-0.3, -0.25) is 4.79 Å². The van der Waals surface area contributed by atoms with Gasteiger partial charge >= 0.3 is 0 Å². The minimum absolute atomic E-state index is 0.317. The van der Waals surface area contributed by atoms with Crippen LogP contribution in [0.15, 0.2) is 42.5 Å². The summed E-state index contributed by atoms with van der Waals surface area (Å²) < 4.78 is 27.4. The molecule has 2 aromatic rings. The molecule has 1 fully saturated rings. The van der Waals surface area contributed by atoms with E-state index in [1.54, 1.807) is 0 Å². The molecule has 6 heteroatoms. The summed E-state index contributed by atoms with van der Waals surface area (Å²) in [5.41, 5.74) is 1.75. The standard InChI is InChI=1S/C20H23F2N3O/c1-24-11-13-25(14-12-24)18-8-3-2-5-15(18)9-10-23-20(26)19-16(21)6-4-7-17(19)22/h2-8H,9-14H2,1H3,(H,23,26). The van der Waals surface area contributed by atoms with Crippen LogP contribution >= 0.6 is 0 Å². The number of anilines is 1. The fourth-order valence-corrected chi connectivity index (χ4v) is 3.19. The van der Waals surface area contributed by atoms with E-state index in [0.717, 1.165) is 49.6 Å². The number of benzene rings is 2. The molecule has 1 saturated heterocycles. The Bertz CT molecular complexity index is 753. The monoisotopic (exact) mass is 359 g/mol. The number of likely N-dealkylation sites (N-methyl/N-ethyl adjacent to an activating group) is 1. The Morgan fingerprint density at radius 2 is 1.65 bits per heavy atom. The van der Waals surface area contributed by atoms with Gasteiger partial charge in [-0.15, -0.1) is 0 Å². The van der Waals surface area contributed by atoms with Crippen LogP contribution in [0.25, 0.3) is 0 Å². The molecule has 0 spiro atoms. The van der Waals surface area contributed by atoms with Crippen LogP contribution in [0.5, 0.6) is 0 Å². The molecule has 0 saturated carbocycles. The van der Waals surface area contributed by atoms with E-state index in [2.05, 4.69) is 28.2 Å². The fourth-order valence-electron chi connectivity index (χ4n) is 3.19. The maximum Gasteiger partial charge on any atom is 0.257 e. The number of carbonyl (C=O) groups is 1. The number of nitrogens with zero attached hydrogens (tertiary/aromatic N) is 2. The van der Waals surface area contributed by atoms with Gasteiger partial charge in [-0.2, -0.15) is 0 Å². The molecule has 3 rings (SSSR count). The summed E-state index contributed by atoms with van der Waals surface area (Å²) in [5, 5.41) is 2.62. The SMILES string of the molecule is CN1CCN(c2ccccc2CCNC(=O)c2c(F)cccc2F)CC1. The second-order valence-corrected chi connectivity index (χ2v) is 6.52. The first-order chi connectivity index (χ1) is 12.6. The number of nitrogens with one attached hydrogen (secondary N) is 1. The van der Waals surface area contributed by atoms with Crippen molar-refractivity contribution in [2.45, 2.75) is 6.42 Å². The lowest BCUT2D eigenvalue weighted by atomic mass is 10.1. The molecular weight excluding hydrogens is 336 g/mol. The Morgan fingerprint density at radius 1 is 1.00 bits per heavy atom. The zero-order valence-electron chi connectivity index (χ0n) is 14.8. The van der Waals surface area contributed by atoms with Crippen LogP contribution in [0.4, 0.5) is 14.5 Å². The third-order valence-electron chi connectivity index (χ3n) is 4.71. The lowest BCUT2D eigenvalue weighted by Crippen LogP contribution is -2.44. The quantitative estimate of drug-likeness (QED) is 0.892. The van der Waals surface area contributed by atoms with Crippen LogP contribution in [0.2, 0.25) is 0 Å². The second-order valence-electron chi connectivity index (χ2n) is 6.52. The van der Waals surface area contributed by atoms with E-state index < -0.39 is 23.1 Å². The Morgan fingerprint density at radius 3 is 2.35 bits per heavy atom. The van der Waals surface area contributed by atoms with E-state index in [0.29, 0.717) is 13.0 Å². The van der Waals surface area contributed by atoms with Gasteiger partial charge in [-0.05, 0) is 37.2 Å². The summed E-state index contributed by atoms with van der Waals surface area (Å²) in [5.74, 6) is -2.42. The summed E-state index contributed by atoms with van der Waals surface area (Å²) in [4.78, 5) is 16.7. The first-order valence-corrected chi connectivity index (χ1v) is 8.80. The van der Waals surface area contributed by atoms with Gasteiger partial charge in [-0.25, -0.2) is 8.78 Å². The highest BCUT2D eigenvalue weighted by Crippen LogP contribution is 2.22. The summed E-state index contributed by atoms with van der Waals surface area (Å²) in [6.07, 6.45) is 0.602. The Balaban J connectivity index is 1.63. The number of rotatable bonds is 5. The van der Waals surface area contributed by atoms with E-state index in [9.17, 15) is 13.6 Å². The van der Waals surface area contributed by atoms with E-state index in [-0.39, 0.29) is 0 Å². The molecule has 1 N–H and O–H groups in total. The van der Waals surface area contributed by atoms with Gasteiger partial charge in [0.05, 0.1) is 0 Å². The van der Waals surface area contributed by atoms with Crippen molar-refractivity contribution in [3.63, 3.8) is 0 Å². The zero-order valence-corrected chi connectivity index (χ0v) is 14.8. The number of amides is 1. The van der Waals surface area contributed by atoms with Crippen molar-refractivity contribution in [3.05, 3.63) is 65.2 Å². The van der Waals surface area contributed by atoms with Crippen molar-refractivity contribution in [2.24, 2.45) is 0 Å². The van der Waals surface area contributed by atoms with Crippen LogP contribution in [0.1, 0.15) is 15.9 Å². The van der Waals surface area contributed by atoms with E-state index in [1.165, 1.54) is 6.07 Å². The first kappa shape index (κ1) is 18.3. The smallest absolute Gasteiger partial charge is 0.257 e. The van der Waals surface area contributed by atoms with Crippen LogP contribution < -0.4 is 10.2 Å². The second kappa shape index (κ2) is 8.27. The average Bonchev–Trinajstić information content (AvgIpc) is 2.63. The van der Waals surface area contributed by atoms with Crippen LogP contribution in [0, 0.1) is 11.6 Å². The predicted molar refractivity (Wildman–Crippen MR) is 98.5 cm³/mol. The Labute approximate surface area is 152 Å². The van der Waals surface area contributed by atoms with Crippen molar-refractivity contribution < 1.29 is 13.6 Å². The van der Waals surface area contributed by atoms with Crippen molar-refractivity contribution in [3.8, 4) is 0 Å². The molecule has 2 aromatic carbocycles. The highest BCUT2D eigenvalue weighted by molar-refractivity contribution is 5.94. The first-order valence-electron chi connectivity index (χ1n) is 8.80. The van der Waals surface area contributed by atoms with Crippen molar-refractivity contribution in [1.82, 2.24) is 10.2 Å². The zero-order chi connectivity index (χ0) is 18.5. The van der Waals surface area contributed by atoms with Crippen LogP contribution in [-0.4, -0.2) is 50.6 Å². The predicted octanol–water partition coefficient (Wildman–Crippen LogP) is 2.69. The molecule has 0 unspecified atom stereocenters. The van der Waals surface area contributed by atoms with Crippen molar-refractivity contribution >= 4 is 11.6 Å². The third-order valence-corrected chi connectivity index (χ3v) is 4.71. The molecule has 138 valence electrons. The molecule has 0 aromatic heterocycles. The number of hydrogen-bond acceptors (Lipinski definition) is 3. The summed E-state index contributed by atoms with van der Waals surface area (Å²) in [6.45, 7) is 4.26. The summed E-state index contributed by atoms with van der Waals surface area (Å²) in [7, 11) is 2.11. The van der Waals surface area contributed by atoms with Crippen molar-refractivity contribution in [2.75, 3.05) is 44.7 Å². The minimum atomic E-state index is -0.847. The average molecular weight is 359 g/mol. The molecule has 1 heterocycles. The molecule has 0 atom stereocenters. The molecule has 4 nitrogen and oxygen atoms in total. The van der Waals surface area contributed by atoms with Gasteiger partial charge in [0.25, 0.3) is 5.91 Å². The number of piperazine rings is 1. The Kier molecular flexibility index (Phi) is 5.83. The topological polar surface area (TPSA) is 35.6 Å². The van der Waals surface area contributed by atoms with Gasteiger partial charge in [0.1, 0.15) is 17.2 Å². The van der Waals surface area contributed by atoms with Gasteiger partial charge in [0.2, 0.25) is 0 Å². The van der Waals surface area contributed by atoms with E-state index in [1.807, 2.05) is 18.2 Å². The lowest BCUT2D eigenvalue weighted by Gasteiger charge is -2.35. The molecule has 0 aliphatic carbocycles. The van der Waals surface area contributed by atoms with Gasteiger partial charge in [-0.1, -0.05) is 24.3 Å². The molecular formula is C20H23F2N3O. The lowest BCUT2D eigenvalue weighted by molar-refractivity contribution is 0.0945. The molecule has 1 aliphatic rings. The van der Waals surface area contributed by atoms with Gasteiger partial charge in [0.15, 0.2) is 0 Å². The van der Waals surface area contributed by atoms with Crippen LogP contribution in [-0.2, 0) is 6.42 Å². The number of halogens is 2. The molecule has 26 heavy (non-hydrogen) atoms. The minimum Gasteiger partial charge on any atom is -0.369 e. The van der Waals surface area contributed by atoms with Crippen molar-refractivity contribution in [1.29, 1.82) is 0 Å². The van der Waals surface area contributed by atoms with E-state index in [4.69, 9.17) is 0 Å². The van der Waals surface area contributed by atoms with Gasteiger partial charge < -0.3 is 15.1 Å². The number of carbonyl (C=O) groups excluding carboxylic acids is 1. The Hall–Kier alpha value is -2.47. The maximum absolute atomic E-state index is 13.7. The van der Waals surface area contributed by atoms with Crippen LogP contribution in [0.3, 0.4) is 0 Å². The largest absolute Gasteiger partial charge is 0.369 e. The fraction of sp³-hybridized carbons (Fsp3) is 0.350. The molecule has 1 amide bonds. The normalized spacial score (nSPS) is 15.1. The number of hydrogen-bond donors (Lipinski definition) is 1. The summed E-state index contributed by atoms with van der Waals surface area (Å²) in [6, 6.07) is 11.5. The molecule has 0 bridgehead atoms. The third kappa shape index (κ3) is 4.19.